The van der Waals surface area contributed by atoms with Gasteiger partial charge in [0.25, 0.3) is 0 Å². The average molecular weight is 395 g/mol. The van der Waals surface area contributed by atoms with E-state index in [1.54, 1.807) is 0 Å². The fourth-order valence-electron chi connectivity index (χ4n) is 2.65. The summed E-state index contributed by atoms with van der Waals surface area (Å²) in [4.78, 5) is 4.53. The Balaban J connectivity index is 1.96. The predicted octanol–water partition coefficient (Wildman–Crippen LogP) is 4.24. The van der Waals surface area contributed by atoms with Gasteiger partial charge >= 0.3 is 0 Å². The molecule has 0 atom stereocenters. The van der Waals surface area contributed by atoms with E-state index in [1.165, 1.54) is 5.56 Å². The van der Waals surface area contributed by atoms with Crippen molar-refractivity contribution < 1.29 is 4.57 Å². The third-order valence-electron chi connectivity index (χ3n) is 3.95. The van der Waals surface area contributed by atoms with Crippen molar-refractivity contribution in [3.8, 4) is 11.4 Å². The van der Waals surface area contributed by atoms with Crippen molar-refractivity contribution in [2.75, 3.05) is 6.54 Å². The zero-order valence-corrected chi connectivity index (χ0v) is 15.8. The zero-order valence-electron chi connectivity index (χ0n) is 14.2. The maximum Gasteiger partial charge on any atom is 0.231 e. The lowest BCUT2D eigenvalue weighted by Crippen LogP contribution is -2.39. The second-order valence-corrected chi connectivity index (χ2v) is 6.85. The van der Waals surface area contributed by atoms with Gasteiger partial charge in [-0.3, -0.25) is 0 Å². The van der Waals surface area contributed by atoms with E-state index in [-0.39, 0.29) is 0 Å². The summed E-state index contributed by atoms with van der Waals surface area (Å²) in [5.41, 5.74) is 11.3. The van der Waals surface area contributed by atoms with Gasteiger partial charge in [-0.15, -0.1) is 0 Å². The molecule has 0 aliphatic carbocycles. The van der Waals surface area contributed by atoms with Crippen molar-refractivity contribution in [3.05, 3.63) is 82.1 Å². The molecule has 2 aromatic heterocycles. The standard InChI is InChI=1S/C21H21BrN3/c1-16-8-11-24-20(14-16)21-15-18(9-12-25(21)13-10-23)3-2-17-4-6-19(22)7-5-17/h2-9,11-12,14-15H,10,13,23H2,1H3/q+1/b3-2+. The zero-order chi connectivity index (χ0) is 17.6. The van der Waals surface area contributed by atoms with E-state index in [9.17, 15) is 0 Å². The van der Waals surface area contributed by atoms with Crippen molar-refractivity contribution in [3.63, 3.8) is 0 Å². The van der Waals surface area contributed by atoms with Crippen LogP contribution >= 0.6 is 15.9 Å². The van der Waals surface area contributed by atoms with Crippen LogP contribution in [0.25, 0.3) is 23.5 Å². The second-order valence-electron chi connectivity index (χ2n) is 5.93. The van der Waals surface area contributed by atoms with Crippen molar-refractivity contribution >= 4 is 28.1 Å². The van der Waals surface area contributed by atoms with Gasteiger partial charge in [0.05, 0.1) is 6.54 Å². The molecule has 0 saturated carbocycles. The molecule has 2 heterocycles. The molecule has 3 nitrogen and oxygen atoms in total. The highest BCUT2D eigenvalue weighted by Crippen LogP contribution is 2.18. The van der Waals surface area contributed by atoms with E-state index < -0.39 is 0 Å². The van der Waals surface area contributed by atoms with Gasteiger partial charge in [0.2, 0.25) is 5.69 Å². The summed E-state index contributed by atoms with van der Waals surface area (Å²) < 4.78 is 3.23. The van der Waals surface area contributed by atoms with Crippen LogP contribution in [0, 0.1) is 6.92 Å². The lowest BCUT2D eigenvalue weighted by molar-refractivity contribution is -0.683. The Bertz CT molecular complexity index is 886. The van der Waals surface area contributed by atoms with Crippen molar-refractivity contribution in [2.24, 2.45) is 5.73 Å². The van der Waals surface area contributed by atoms with Gasteiger partial charge in [-0.1, -0.05) is 40.2 Å². The third-order valence-corrected chi connectivity index (χ3v) is 4.47. The Labute approximate surface area is 157 Å². The summed E-state index contributed by atoms with van der Waals surface area (Å²) in [5, 5.41) is 0. The molecule has 126 valence electrons. The third kappa shape index (κ3) is 4.62. The number of rotatable bonds is 5. The first-order chi connectivity index (χ1) is 12.2. The SMILES string of the molecule is Cc1ccnc(-c2cc(/C=C/c3ccc(Br)cc3)cc[n+]2CCN)c1. The highest BCUT2D eigenvalue weighted by Gasteiger charge is 2.14. The summed E-state index contributed by atoms with van der Waals surface area (Å²) in [6.07, 6.45) is 8.16. The highest BCUT2D eigenvalue weighted by molar-refractivity contribution is 9.10. The van der Waals surface area contributed by atoms with Gasteiger partial charge in [-0.25, -0.2) is 4.98 Å². The average Bonchev–Trinajstić information content (AvgIpc) is 2.62. The summed E-state index contributed by atoms with van der Waals surface area (Å²) in [5.74, 6) is 0. The van der Waals surface area contributed by atoms with Gasteiger partial charge in [-0.05, 0) is 47.9 Å². The molecule has 0 aliphatic rings. The fraction of sp³-hybridized carbons (Fsp3) is 0.143. The lowest BCUT2D eigenvalue weighted by atomic mass is 10.1. The molecule has 0 saturated heterocycles. The van der Waals surface area contributed by atoms with Crippen LogP contribution in [0.4, 0.5) is 0 Å². The fourth-order valence-corrected chi connectivity index (χ4v) is 2.91. The van der Waals surface area contributed by atoms with Gasteiger partial charge < -0.3 is 5.73 Å². The first-order valence-corrected chi connectivity index (χ1v) is 9.05. The molecule has 1 aromatic carbocycles. The Morgan fingerprint density at radius 1 is 1.04 bits per heavy atom. The van der Waals surface area contributed by atoms with Crippen LogP contribution < -0.4 is 10.3 Å². The monoisotopic (exact) mass is 394 g/mol. The Morgan fingerprint density at radius 2 is 1.80 bits per heavy atom. The smallest absolute Gasteiger partial charge is 0.231 e. The predicted molar refractivity (Wildman–Crippen MR) is 107 cm³/mol. The molecular formula is C21H21BrN3+. The number of hydrogen-bond donors (Lipinski definition) is 1. The Hall–Kier alpha value is -2.30. The molecule has 0 amide bonds. The van der Waals surface area contributed by atoms with E-state index in [2.05, 4.69) is 81.1 Å². The van der Waals surface area contributed by atoms with Gasteiger partial charge in [0.15, 0.2) is 12.7 Å². The number of aromatic nitrogens is 2. The molecule has 3 rings (SSSR count). The Morgan fingerprint density at radius 3 is 2.52 bits per heavy atom. The lowest BCUT2D eigenvalue weighted by Gasteiger charge is -2.05. The van der Waals surface area contributed by atoms with Crippen molar-refractivity contribution in [2.45, 2.75) is 13.5 Å². The minimum Gasteiger partial charge on any atom is -0.325 e. The van der Waals surface area contributed by atoms with Crippen LogP contribution in [0.2, 0.25) is 0 Å². The molecule has 0 aliphatic heterocycles. The van der Waals surface area contributed by atoms with Gasteiger partial charge in [0, 0.05) is 22.8 Å². The highest BCUT2D eigenvalue weighted by atomic mass is 79.9. The van der Waals surface area contributed by atoms with E-state index in [0.29, 0.717) is 6.54 Å². The summed E-state index contributed by atoms with van der Waals surface area (Å²) >= 11 is 3.46. The molecule has 4 heteroatoms. The molecule has 0 fully saturated rings. The second kappa shape index (κ2) is 8.19. The van der Waals surface area contributed by atoms with E-state index in [1.807, 2.05) is 24.4 Å². The molecule has 2 N–H and O–H groups in total. The van der Waals surface area contributed by atoms with E-state index in [4.69, 9.17) is 5.73 Å². The number of nitrogens with zero attached hydrogens (tertiary/aromatic N) is 2. The van der Waals surface area contributed by atoms with Crippen molar-refractivity contribution in [1.29, 1.82) is 0 Å². The molecule has 0 unspecified atom stereocenters. The van der Waals surface area contributed by atoms with E-state index in [0.717, 1.165) is 33.5 Å². The quantitative estimate of drug-likeness (QED) is 0.657. The Kier molecular flexibility index (Phi) is 5.74. The summed E-state index contributed by atoms with van der Waals surface area (Å²) in [6.45, 7) is 3.44. The maximum absolute atomic E-state index is 5.76. The largest absolute Gasteiger partial charge is 0.325 e. The number of aryl methyl sites for hydroxylation is 1. The number of hydrogen-bond acceptors (Lipinski definition) is 2. The minimum absolute atomic E-state index is 0.595. The summed E-state index contributed by atoms with van der Waals surface area (Å²) in [6, 6.07) is 16.6. The number of benzene rings is 1. The van der Waals surface area contributed by atoms with Crippen LogP contribution in [0.1, 0.15) is 16.7 Å². The molecule has 25 heavy (non-hydrogen) atoms. The first-order valence-electron chi connectivity index (χ1n) is 8.26. The number of halogens is 1. The molecule has 0 spiro atoms. The number of nitrogens with two attached hydrogens (primary N) is 1. The van der Waals surface area contributed by atoms with Gasteiger partial charge in [0.1, 0.15) is 5.69 Å². The summed E-state index contributed by atoms with van der Waals surface area (Å²) in [7, 11) is 0. The van der Waals surface area contributed by atoms with Crippen LogP contribution in [0.3, 0.4) is 0 Å². The van der Waals surface area contributed by atoms with Crippen LogP contribution in [0.15, 0.2) is 65.4 Å². The molecular weight excluding hydrogens is 374 g/mol. The topological polar surface area (TPSA) is 42.8 Å². The van der Waals surface area contributed by atoms with Crippen LogP contribution in [-0.2, 0) is 6.54 Å². The number of pyridine rings is 2. The normalized spacial score (nSPS) is 11.2. The van der Waals surface area contributed by atoms with Gasteiger partial charge in [-0.2, -0.15) is 4.57 Å². The maximum atomic E-state index is 5.76. The molecule has 0 radical (unpaired) electrons. The van der Waals surface area contributed by atoms with Crippen molar-refractivity contribution in [1.82, 2.24) is 4.98 Å². The van der Waals surface area contributed by atoms with E-state index >= 15 is 0 Å². The molecule has 0 bridgehead atoms. The minimum atomic E-state index is 0.595. The molecule has 3 aromatic rings. The first kappa shape index (κ1) is 17.5. The van der Waals surface area contributed by atoms with Crippen LogP contribution in [-0.4, -0.2) is 11.5 Å². The van der Waals surface area contributed by atoms with Crippen LogP contribution in [0.5, 0.6) is 0 Å².